The van der Waals surface area contributed by atoms with E-state index in [2.05, 4.69) is 10.4 Å². The van der Waals surface area contributed by atoms with E-state index in [0.717, 1.165) is 34.0 Å². The number of hydrogen-bond acceptors (Lipinski definition) is 3. The maximum Gasteiger partial charge on any atom is 0.244 e. The minimum atomic E-state index is -0.293. The zero-order valence-corrected chi connectivity index (χ0v) is 16.1. The molecule has 1 heterocycles. The molecule has 0 unspecified atom stereocenters. The van der Waals surface area contributed by atoms with Crippen molar-refractivity contribution in [1.29, 1.82) is 0 Å². The Hall–Kier alpha value is -3.41. The molecule has 144 valence electrons. The van der Waals surface area contributed by atoms with Crippen LogP contribution in [-0.4, -0.2) is 22.8 Å². The molecule has 0 saturated heterocycles. The average molecular weight is 379 g/mol. The van der Waals surface area contributed by atoms with Crippen LogP contribution in [0.3, 0.4) is 0 Å². The Kier molecular flexibility index (Phi) is 5.89. The molecule has 28 heavy (non-hydrogen) atoms. The van der Waals surface area contributed by atoms with Crippen LogP contribution in [-0.2, 0) is 11.3 Å². The third kappa shape index (κ3) is 4.46. The molecule has 0 atom stereocenters. The van der Waals surface area contributed by atoms with Crippen LogP contribution in [0.25, 0.3) is 11.8 Å². The molecule has 1 aromatic heterocycles. The third-order valence-corrected chi connectivity index (χ3v) is 4.45. The van der Waals surface area contributed by atoms with Crippen molar-refractivity contribution >= 4 is 12.0 Å². The van der Waals surface area contributed by atoms with Crippen molar-refractivity contribution in [2.75, 3.05) is 7.11 Å². The van der Waals surface area contributed by atoms with Gasteiger partial charge < -0.3 is 10.1 Å². The molecule has 5 nitrogen and oxygen atoms in total. The summed E-state index contributed by atoms with van der Waals surface area (Å²) in [4.78, 5) is 12.2. The molecule has 0 bridgehead atoms. The molecule has 6 heteroatoms. The number of amides is 1. The van der Waals surface area contributed by atoms with Crippen LogP contribution >= 0.6 is 0 Å². The molecule has 0 aliphatic carbocycles. The lowest BCUT2D eigenvalue weighted by molar-refractivity contribution is -0.116. The van der Waals surface area contributed by atoms with E-state index in [0.29, 0.717) is 6.54 Å². The minimum absolute atomic E-state index is 0.191. The largest absolute Gasteiger partial charge is 0.497 e. The van der Waals surface area contributed by atoms with Crippen LogP contribution in [0.4, 0.5) is 4.39 Å². The molecule has 3 rings (SSSR count). The van der Waals surface area contributed by atoms with Gasteiger partial charge in [0.15, 0.2) is 0 Å². The lowest BCUT2D eigenvalue weighted by Crippen LogP contribution is -2.20. The second-order valence-electron chi connectivity index (χ2n) is 6.37. The fourth-order valence-electron chi connectivity index (χ4n) is 2.88. The number of nitrogens with zero attached hydrogens (tertiary/aromatic N) is 2. The van der Waals surface area contributed by atoms with Gasteiger partial charge in [-0.25, -0.2) is 9.07 Å². The van der Waals surface area contributed by atoms with Crippen molar-refractivity contribution in [3.05, 3.63) is 82.9 Å². The quantitative estimate of drug-likeness (QED) is 0.660. The molecule has 2 aromatic carbocycles. The van der Waals surface area contributed by atoms with Crippen LogP contribution in [0.15, 0.2) is 54.6 Å². The lowest BCUT2D eigenvalue weighted by atomic mass is 10.1. The molecule has 0 radical (unpaired) electrons. The summed E-state index contributed by atoms with van der Waals surface area (Å²) >= 11 is 0. The monoisotopic (exact) mass is 379 g/mol. The van der Waals surface area contributed by atoms with Crippen molar-refractivity contribution in [3.8, 4) is 11.4 Å². The highest BCUT2D eigenvalue weighted by molar-refractivity contribution is 5.92. The standard InChI is InChI=1S/C22H22FN3O2/c1-15-21(16(2)26(25-15)19-8-6-18(23)7-9-19)12-13-22(27)24-14-17-4-10-20(28-3)11-5-17/h4-13H,14H2,1-3H3,(H,24,27)/b13-12+. The average Bonchev–Trinajstić information content (AvgIpc) is 2.99. The van der Waals surface area contributed by atoms with E-state index in [9.17, 15) is 9.18 Å². The lowest BCUT2D eigenvalue weighted by Gasteiger charge is -2.05. The summed E-state index contributed by atoms with van der Waals surface area (Å²) in [5.74, 6) is 0.294. The Morgan fingerprint density at radius 2 is 1.82 bits per heavy atom. The summed E-state index contributed by atoms with van der Waals surface area (Å²) in [7, 11) is 1.61. The maximum absolute atomic E-state index is 13.1. The molecule has 0 aliphatic rings. The van der Waals surface area contributed by atoms with Crippen LogP contribution in [0.1, 0.15) is 22.5 Å². The van der Waals surface area contributed by atoms with Gasteiger partial charge in [0.1, 0.15) is 11.6 Å². The number of ether oxygens (including phenoxy) is 1. The molecular weight excluding hydrogens is 357 g/mol. The highest BCUT2D eigenvalue weighted by atomic mass is 19.1. The topological polar surface area (TPSA) is 56.1 Å². The number of aryl methyl sites for hydroxylation is 1. The molecule has 0 saturated carbocycles. The molecule has 0 fully saturated rings. The molecule has 1 amide bonds. The van der Waals surface area contributed by atoms with Gasteiger partial charge in [-0.2, -0.15) is 5.10 Å². The molecule has 0 spiro atoms. The van der Waals surface area contributed by atoms with E-state index in [1.54, 1.807) is 30.0 Å². The maximum atomic E-state index is 13.1. The highest BCUT2D eigenvalue weighted by Gasteiger charge is 2.11. The van der Waals surface area contributed by atoms with Gasteiger partial charge >= 0.3 is 0 Å². The third-order valence-electron chi connectivity index (χ3n) is 4.45. The van der Waals surface area contributed by atoms with E-state index in [-0.39, 0.29) is 11.7 Å². The number of methoxy groups -OCH3 is 1. The second kappa shape index (κ2) is 8.52. The predicted molar refractivity (Wildman–Crippen MR) is 107 cm³/mol. The minimum Gasteiger partial charge on any atom is -0.497 e. The molecule has 1 N–H and O–H groups in total. The van der Waals surface area contributed by atoms with Crippen molar-refractivity contribution in [2.45, 2.75) is 20.4 Å². The van der Waals surface area contributed by atoms with E-state index in [4.69, 9.17) is 4.74 Å². The second-order valence-corrected chi connectivity index (χ2v) is 6.37. The number of halogens is 1. The first-order chi connectivity index (χ1) is 13.5. The Morgan fingerprint density at radius 1 is 1.14 bits per heavy atom. The molecular formula is C22H22FN3O2. The summed E-state index contributed by atoms with van der Waals surface area (Å²) in [5, 5.41) is 7.35. The van der Waals surface area contributed by atoms with Crippen molar-refractivity contribution in [3.63, 3.8) is 0 Å². The number of carbonyl (C=O) groups excluding carboxylic acids is 1. The number of hydrogen-bond donors (Lipinski definition) is 1. The van der Waals surface area contributed by atoms with Crippen molar-refractivity contribution in [2.24, 2.45) is 0 Å². The Labute approximate surface area is 163 Å². The first-order valence-electron chi connectivity index (χ1n) is 8.89. The van der Waals surface area contributed by atoms with E-state index in [1.165, 1.54) is 18.2 Å². The van der Waals surface area contributed by atoms with Gasteiger partial charge in [-0.3, -0.25) is 4.79 Å². The number of aromatic nitrogens is 2. The van der Waals surface area contributed by atoms with Gasteiger partial charge in [0.2, 0.25) is 5.91 Å². The Balaban J connectivity index is 1.67. The van der Waals surface area contributed by atoms with E-state index >= 15 is 0 Å². The van der Waals surface area contributed by atoms with Crippen molar-refractivity contribution in [1.82, 2.24) is 15.1 Å². The van der Waals surface area contributed by atoms with E-state index < -0.39 is 0 Å². The Morgan fingerprint density at radius 3 is 2.46 bits per heavy atom. The van der Waals surface area contributed by atoms with Gasteiger partial charge in [0, 0.05) is 23.9 Å². The van der Waals surface area contributed by atoms with Crippen LogP contribution < -0.4 is 10.1 Å². The Bertz CT molecular complexity index is 990. The first kappa shape index (κ1) is 19.4. The van der Waals surface area contributed by atoms with Crippen LogP contribution in [0.2, 0.25) is 0 Å². The van der Waals surface area contributed by atoms with Crippen molar-refractivity contribution < 1.29 is 13.9 Å². The molecule has 0 aliphatic heterocycles. The summed E-state index contributed by atoms with van der Waals surface area (Å²) in [5.41, 5.74) is 4.29. The highest BCUT2D eigenvalue weighted by Crippen LogP contribution is 2.19. The fraction of sp³-hybridized carbons (Fsp3) is 0.182. The van der Waals surface area contributed by atoms with Gasteiger partial charge in [0.05, 0.1) is 18.5 Å². The smallest absolute Gasteiger partial charge is 0.244 e. The van der Waals surface area contributed by atoms with E-state index in [1.807, 2.05) is 38.1 Å². The molecule has 3 aromatic rings. The fourth-order valence-corrected chi connectivity index (χ4v) is 2.88. The SMILES string of the molecule is COc1ccc(CNC(=O)/C=C/c2c(C)nn(-c3ccc(F)cc3)c2C)cc1. The summed E-state index contributed by atoms with van der Waals surface area (Å²) in [6.45, 7) is 4.22. The van der Waals surface area contributed by atoms with Crippen LogP contribution in [0, 0.1) is 19.7 Å². The van der Waals surface area contributed by atoms with Gasteiger partial charge in [-0.05, 0) is 61.9 Å². The summed E-state index contributed by atoms with van der Waals surface area (Å²) in [6.07, 6.45) is 3.25. The first-order valence-corrected chi connectivity index (χ1v) is 8.89. The predicted octanol–water partition coefficient (Wildman–Crippen LogP) is 3.97. The van der Waals surface area contributed by atoms with Crippen LogP contribution in [0.5, 0.6) is 5.75 Å². The summed E-state index contributed by atoms with van der Waals surface area (Å²) < 4.78 is 20.0. The van der Waals surface area contributed by atoms with Gasteiger partial charge in [-0.15, -0.1) is 0 Å². The number of rotatable bonds is 6. The van der Waals surface area contributed by atoms with Gasteiger partial charge in [-0.1, -0.05) is 12.1 Å². The normalized spacial score (nSPS) is 11.0. The number of benzene rings is 2. The summed E-state index contributed by atoms with van der Waals surface area (Å²) in [6, 6.07) is 13.7. The van der Waals surface area contributed by atoms with Gasteiger partial charge in [0.25, 0.3) is 0 Å². The zero-order valence-electron chi connectivity index (χ0n) is 16.1. The number of carbonyl (C=O) groups is 1. The zero-order chi connectivity index (χ0) is 20.1. The number of nitrogens with one attached hydrogen (secondary N) is 1.